The molecule has 15 heavy (non-hydrogen) atoms. The molecule has 0 aliphatic heterocycles. The first kappa shape index (κ1) is 12.7. The molecule has 2 heteroatoms. The van der Waals surface area contributed by atoms with E-state index in [1.165, 1.54) is 32.1 Å². The summed E-state index contributed by atoms with van der Waals surface area (Å²) < 4.78 is 0. The first-order valence-electron chi connectivity index (χ1n) is 6.35. The third-order valence-corrected chi connectivity index (χ3v) is 3.89. The molecule has 88 valence electrons. The van der Waals surface area contributed by atoms with E-state index >= 15 is 0 Å². The molecule has 0 saturated heterocycles. The number of nitrogens with two attached hydrogens (primary N) is 1. The first-order valence-corrected chi connectivity index (χ1v) is 6.35. The Labute approximate surface area is 94.3 Å². The fraction of sp³-hybridized carbons (Fsp3) is 0.846. The molecule has 2 nitrogen and oxygen atoms in total. The van der Waals surface area contributed by atoms with Crippen LogP contribution in [0.4, 0.5) is 0 Å². The van der Waals surface area contributed by atoms with Crippen molar-refractivity contribution in [1.82, 2.24) is 5.32 Å². The van der Waals surface area contributed by atoms with Gasteiger partial charge in [0.25, 0.3) is 0 Å². The van der Waals surface area contributed by atoms with Crippen LogP contribution < -0.4 is 11.1 Å². The van der Waals surface area contributed by atoms with Crippen LogP contribution in [0, 0.1) is 5.92 Å². The molecule has 0 aromatic rings. The van der Waals surface area contributed by atoms with Gasteiger partial charge in [-0.1, -0.05) is 32.3 Å². The normalized spacial score (nSPS) is 31.5. The zero-order chi connectivity index (χ0) is 11.1. The van der Waals surface area contributed by atoms with Crippen molar-refractivity contribution in [3.05, 3.63) is 12.7 Å². The van der Waals surface area contributed by atoms with Crippen LogP contribution in [-0.2, 0) is 0 Å². The second-order valence-electron chi connectivity index (χ2n) is 4.72. The summed E-state index contributed by atoms with van der Waals surface area (Å²) in [4.78, 5) is 0. The molecule has 0 heterocycles. The van der Waals surface area contributed by atoms with Crippen molar-refractivity contribution in [1.29, 1.82) is 0 Å². The van der Waals surface area contributed by atoms with Gasteiger partial charge in [0.15, 0.2) is 0 Å². The maximum Gasteiger partial charge on any atom is 0.0332 e. The van der Waals surface area contributed by atoms with Gasteiger partial charge < -0.3 is 11.1 Å². The average molecular weight is 210 g/mol. The number of rotatable bonds is 6. The van der Waals surface area contributed by atoms with Crippen LogP contribution in [0.2, 0.25) is 0 Å². The van der Waals surface area contributed by atoms with Gasteiger partial charge in [-0.05, 0) is 31.7 Å². The highest BCUT2D eigenvalue weighted by Crippen LogP contribution is 2.35. The van der Waals surface area contributed by atoms with E-state index < -0.39 is 0 Å². The number of hydrogen-bond acceptors (Lipinski definition) is 2. The Morgan fingerprint density at radius 1 is 1.53 bits per heavy atom. The SMILES string of the molecule is C=CCCNC1(CN)CCCCC1CC. The maximum absolute atomic E-state index is 6.00. The Hall–Kier alpha value is -0.340. The van der Waals surface area contributed by atoms with Gasteiger partial charge in [0.05, 0.1) is 0 Å². The summed E-state index contributed by atoms with van der Waals surface area (Å²) >= 11 is 0. The molecule has 0 amide bonds. The van der Waals surface area contributed by atoms with Crippen molar-refractivity contribution >= 4 is 0 Å². The van der Waals surface area contributed by atoms with Gasteiger partial charge in [-0.3, -0.25) is 0 Å². The number of nitrogens with one attached hydrogen (secondary N) is 1. The van der Waals surface area contributed by atoms with E-state index in [4.69, 9.17) is 5.73 Å². The highest BCUT2D eigenvalue weighted by Gasteiger charge is 2.37. The molecule has 1 aliphatic rings. The molecule has 0 aromatic carbocycles. The predicted molar refractivity (Wildman–Crippen MR) is 66.9 cm³/mol. The van der Waals surface area contributed by atoms with E-state index in [1.54, 1.807) is 0 Å². The van der Waals surface area contributed by atoms with Gasteiger partial charge in [-0.25, -0.2) is 0 Å². The predicted octanol–water partition coefficient (Wildman–Crippen LogP) is 2.45. The van der Waals surface area contributed by atoms with Crippen LogP contribution in [0.15, 0.2) is 12.7 Å². The Bertz CT molecular complexity index is 191. The molecule has 1 fully saturated rings. The standard InChI is InChI=1S/C13H26N2/c1-3-5-10-15-13(11-14)9-7-6-8-12(13)4-2/h3,12,15H,1,4-11,14H2,2H3. The van der Waals surface area contributed by atoms with E-state index in [9.17, 15) is 0 Å². The summed E-state index contributed by atoms with van der Waals surface area (Å²) in [6.45, 7) is 7.85. The van der Waals surface area contributed by atoms with Crippen LogP contribution in [0.3, 0.4) is 0 Å². The topological polar surface area (TPSA) is 38.0 Å². The second kappa shape index (κ2) is 6.29. The smallest absolute Gasteiger partial charge is 0.0332 e. The molecule has 1 saturated carbocycles. The third kappa shape index (κ3) is 3.05. The molecule has 1 rings (SSSR count). The van der Waals surface area contributed by atoms with Crippen molar-refractivity contribution in [2.24, 2.45) is 11.7 Å². The molecular weight excluding hydrogens is 184 g/mol. The van der Waals surface area contributed by atoms with Crippen molar-refractivity contribution < 1.29 is 0 Å². The van der Waals surface area contributed by atoms with Crippen LogP contribution in [0.1, 0.15) is 45.4 Å². The Morgan fingerprint density at radius 2 is 2.33 bits per heavy atom. The Balaban J connectivity index is 2.57. The van der Waals surface area contributed by atoms with E-state index in [0.717, 1.165) is 25.4 Å². The summed E-state index contributed by atoms with van der Waals surface area (Å²) in [5.74, 6) is 0.765. The fourth-order valence-electron chi connectivity index (χ4n) is 2.90. The quantitative estimate of drug-likeness (QED) is 0.522. The molecule has 2 atom stereocenters. The van der Waals surface area contributed by atoms with Crippen molar-refractivity contribution in [2.45, 2.75) is 51.0 Å². The molecule has 0 spiro atoms. The summed E-state index contributed by atoms with van der Waals surface area (Å²) in [6.07, 6.45) is 9.56. The molecule has 2 unspecified atom stereocenters. The third-order valence-electron chi connectivity index (χ3n) is 3.89. The minimum absolute atomic E-state index is 0.218. The lowest BCUT2D eigenvalue weighted by Crippen LogP contribution is -2.58. The minimum Gasteiger partial charge on any atom is -0.329 e. The Morgan fingerprint density at radius 3 is 2.93 bits per heavy atom. The van der Waals surface area contributed by atoms with Crippen LogP contribution in [0.25, 0.3) is 0 Å². The van der Waals surface area contributed by atoms with Gasteiger partial charge in [0.2, 0.25) is 0 Å². The van der Waals surface area contributed by atoms with Crippen LogP contribution in [-0.4, -0.2) is 18.6 Å². The first-order chi connectivity index (χ1) is 7.29. The minimum atomic E-state index is 0.218. The monoisotopic (exact) mass is 210 g/mol. The summed E-state index contributed by atoms with van der Waals surface area (Å²) in [5.41, 5.74) is 6.22. The van der Waals surface area contributed by atoms with Crippen molar-refractivity contribution in [3.8, 4) is 0 Å². The molecular formula is C13H26N2. The van der Waals surface area contributed by atoms with Crippen molar-refractivity contribution in [2.75, 3.05) is 13.1 Å². The highest BCUT2D eigenvalue weighted by atomic mass is 15.0. The molecule has 0 bridgehead atoms. The van der Waals surface area contributed by atoms with Crippen LogP contribution >= 0.6 is 0 Å². The van der Waals surface area contributed by atoms with Gasteiger partial charge in [-0.2, -0.15) is 0 Å². The summed E-state index contributed by atoms with van der Waals surface area (Å²) in [6, 6.07) is 0. The van der Waals surface area contributed by atoms with Crippen molar-refractivity contribution in [3.63, 3.8) is 0 Å². The van der Waals surface area contributed by atoms with Gasteiger partial charge in [-0.15, -0.1) is 6.58 Å². The van der Waals surface area contributed by atoms with E-state index in [1.807, 2.05) is 6.08 Å². The maximum atomic E-state index is 6.00. The molecule has 0 aromatic heterocycles. The van der Waals surface area contributed by atoms with Gasteiger partial charge in [0.1, 0.15) is 0 Å². The fourth-order valence-corrected chi connectivity index (χ4v) is 2.90. The highest BCUT2D eigenvalue weighted by molar-refractivity contribution is 4.97. The average Bonchev–Trinajstić information content (AvgIpc) is 2.30. The zero-order valence-electron chi connectivity index (χ0n) is 10.1. The number of hydrogen-bond donors (Lipinski definition) is 2. The van der Waals surface area contributed by atoms with E-state index in [0.29, 0.717) is 0 Å². The molecule has 3 N–H and O–H groups in total. The summed E-state index contributed by atoms with van der Waals surface area (Å²) in [5, 5.41) is 3.69. The van der Waals surface area contributed by atoms with E-state index in [-0.39, 0.29) is 5.54 Å². The lowest BCUT2D eigenvalue weighted by Gasteiger charge is -2.44. The Kier molecular flexibility index (Phi) is 5.34. The van der Waals surface area contributed by atoms with Gasteiger partial charge >= 0.3 is 0 Å². The van der Waals surface area contributed by atoms with Crippen LogP contribution in [0.5, 0.6) is 0 Å². The second-order valence-corrected chi connectivity index (χ2v) is 4.72. The molecule has 0 radical (unpaired) electrons. The largest absolute Gasteiger partial charge is 0.329 e. The lowest BCUT2D eigenvalue weighted by atomic mass is 9.71. The summed E-state index contributed by atoms with van der Waals surface area (Å²) in [7, 11) is 0. The zero-order valence-corrected chi connectivity index (χ0v) is 10.1. The molecule has 1 aliphatic carbocycles. The lowest BCUT2D eigenvalue weighted by molar-refractivity contribution is 0.145. The van der Waals surface area contributed by atoms with E-state index in [2.05, 4.69) is 18.8 Å². The van der Waals surface area contributed by atoms with Gasteiger partial charge in [0, 0.05) is 12.1 Å².